The van der Waals surface area contributed by atoms with Gasteiger partial charge in [-0.05, 0) is 61.7 Å². The summed E-state index contributed by atoms with van der Waals surface area (Å²) in [6.45, 7) is 5.83. The molecule has 11 heteroatoms. The number of nitrogens with one attached hydrogen (secondary N) is 1. The average molecular weight is 631 g/mol. The molecule has 0 bridgehead atoms. The van der Waals surface area contributed by atoms with E-state index in [2.05, 4.69) is 5.32 Å². The van der Waals surface area contributed by atoms with Crippen LogP contribution in [0.15, 0.2) is 77.6 Å². The summed E-state index contributed by atoms with van der Waals surface area (Å²) in [5, 5.41) is 9.43. The van der Waals surface area contributed by atoms with E-state index in [0.717, 1.165) is 22.3 Å². The van der Waals surface area contributed by atoms with E-state index < -0.39 is 5.54 Å². The third-order valence-corrected chi connectivity index (χ3v) is 8.81. The first-order chi connectivity index (χ1) is 21.2. The smallest absolute Gasteiger partial charge is 0.353 e. The topological polar surface area (TPSA) is 111 Å². The molecule has 2 aromatic heterocycles. The Morgan fingerprint density at radius 1 is 0.932 bits per heavy atom. The summed E-state index contributed by atoms with van der Waals surface area (Å²) in [6, 6.07) is 22.9. The van der Waals surface area contributed by atoms with Gasteiger partial charge >= 0.3 is 5.69 Å². The number of nitrogens with zero attached hydrogens (tertiary/aromatic N) is 5. The highest BCUT2D eigenvalue weighted by molar-refractivity contribution is 6.31. The van der Waals surface area contributed by atoms with Crippen LogP contribution in [0.3, 0.4) is 0 Å². The van der Waals surface area contributed by atoms with E-state index in [9.17, 15) is 9.59 Å². The number of nitrogens with two attached hydrogens (primary N) is 1. The third-order valence-electron chi connectivity index (χ3n) is 8.30. The van der Waals surface area contributed by atoms with Crippen molar-refractivity contribution in [3.8, 4) is 22.4 Å². The van der Waals surface area contributed by atoms with Crippen LogP contribution in [-0.2, 0) is 11.3 Å². The highest BCUT2D eigenvalue weighted by Gasteiger charge is 2.40. The minimum Gasteiger partial charge on any atom is -0.368 e. The molecule has 1 aliphatic heterocycles. The lowest BCUT2D eigenvalue weighted by Gasteiger charge is -2.40. The number of primary amides is 1. The molecule has 1 fully saturated rings. The van der Waals surface area contributed by atoms with Crippen LogP contribution in [0.2, 0.25) is 10.0 Å². The summed E-state index contributed by atoms with van der Waals surface area (Å²) < 4.78 is 3.06. The molecule has 0 aliphatic carbocycles. The van der Waals surface area contributed by atoms with Gasteiger partial charge in [0.25, 0.3) is 0 Å². The maximum absolute atomic E-state index is 14.2. The number of aryl methyl sites for hydroxylation is 1. The molecule has 3 aromatic carbocycles. The molecule has 44 heavy (non-hydrogen) atoms. The number of hydrogen-bond donors (Lipinski definition) is 2. The minimum atomic E-state index is -0.812. The van der Waals surface area contributed by atoms with Crippen molar-refractivity contribution in [1.82, 2.24) is 24.5 Å². The first-order valence-corrected chi connectivity index (χ1v) is 15.4. The molecule has 0 saturated carbocycles. The fraction of sp³-hybridized carbons (Fsp3) is 0.273. The van der Waals surface area contributed by atoms with E-state index in [0.29, 0.717) is 71.9 Å². The van der Waals surface area contributed by atoms with Crippen molar-refractivity contribution in [3.63, 3.8) is 0 Å². The summed E-state index contributed by atoms with van der Waals surface area (Å²) in [5.41, 5.74) is 10.3. The van der Waals surface area contributed by atoms with Crippen molar-refractivity contribution in [2.45, 2.75) is 38.8 Å². The van der Waals surface area contributed by atoms with Crippen molar-refractivity contribution < 1.29 is 4.79 Å². The Hall–Kier alpha value is -4.18. The first kappa shape index (κ1) is 29.9. The zero-order valence-corrected chi connectivity index (χ0v) is 26.1. The number of benzene rings is 3. The quantitative estimate of drug-likeness (QED) is 0.240. The van der Waals surface area contributed by atoms with Crippen molar-refractivity contribution in [1.29, 1.82) is 0 Å². The second kappa shape index (κ2) is 12.1. The molecule has 3 N–H and O–H groups in total. The van der Waals surface area contributed by atoms with Gasteiger partial charge in [0, 0.05) is 28.7 Å². The van der Waals surface area contributed by atoms with Crippen molar-refractivity contribution in [2.24, 2.45) is 5.73 Å². The van der Waals surface area contributed by atoms with E-state index in [1.54, 1.807) is 4.40 Å². The number of fused-ring (bicyclic) bond motifs is 1. The molecule has 0 unspecified atom stereocenters. The number of amides is 1. The maximum Gasteiger partial charge on any atom is 0.353 e. The highest BCUT2D eigenvalue weighted by atomic mass is 35.5. The number of likely N-dealkylation sites (N-methyl/N-ethyl adjacent to an activating group) is 1. The van der Waals surface area contributed by atoms with Crippen LogP contribution in [0, 0.1) is 6.92 Å². The second-order valence-corrected chi connectivity index (χ2v) is 12.1. The van der Waals surface area contributed by atoms with Crippen LogP contribution >= 0.6 is 23.2 Å². The molecular formula is C33H33Cl2N7O2. The van der Waals surface area contributed by atoms with Gasteiger partial charge < -0.3 is 16.0 Å². The predicted octanol–water partition coefficient (Wildman–Crippen LogP) is 5.32. The lowest BCUT2D eigenvalue weighted by atomic mass is 9.86. The number of piperidine rings is 1. The Labute approximate surface area is 265 Å². The number of anilines is 1. The van der Waals surface area contributed by atoms with Crippen molar-refractivity contribution >= 4 is 40.7 Å². The van der Waals surface area contributed by atoms with Crippen LogP contribution in [0.1, 0.15) is 30.9 Å². The van der Waals surface area contributed by atoms with Gasteiger partial charge in [-0.1, -0.05) is 84.2 Å². The van der Waals surface area contributed by atoms with Crippen molar-refractivity contribution in [3.05, 3.63) is 104 Å². The van der Waals surface area contributed by atoms with Gasteiger partial charge in [-0.15, -0.1) is 5.10 Å². The molecule has 5 aromatic rings. The monoisotopic (exact) mass is 629 g/mol. The molecule has 0 spiro atoms. The van der Waals surface area contributed by atoms with Gasteiger partial charge in [-0.2, -0.15) is 0 Å². The molecule has 0 radical (unpaired) electrons. The van der Waals surface area contributed by atoms with Crippen LogP contribution in [0.25, 0.3) is 28.0 Å². The van der Waals surface area contributed by atoms with E-state index in [-0.39, 0.29) is 11.6 Å². The van der Waals surface area contributed by atoms with Gasteiger partial charge in [0.1, 0.15) is 5.54 Å². The largest absolute Gasteiger partial charge is 0.368 e. The summed E-state index contributed by atoms with van der Waals surface area (Å²) in [4.78, 5) is 33.9. The van der Waals surface area contributed by atoms with Gasteiger partial charge in [0.15, 0.2) is 5.65 Å². The fourth-order valence-corrected chi connectivity index (χ4v) is 6.13. The Balaban J connectivity index is 1.58. The number of hydrogen-bond acceptors (Lipinski definition) is 6. The number of rotatable bonds is 8. The molecule has 1 saturated heterocycles. The molecule has 3 heterocycles. The predicted molar refractivity (Wildman–Crippen MR) is 175 cm³/mol. The zero-order valence-electron chi connectivity index (χ0n) is 24.6. The Bertz CT molecular complexity index is 1870. The molecule has 6 rings (SSSR count). The van der Waals surface area contributed by atoms with Gasteiger partial charge in [-0.25, -0.2) is 18.9 Å². The normalized spacial score (nSPS) is 14.7. The van der Waals surface area contributed by atoms with Gasteiger partial charge in [0.2, 0.25) is 11.9 Å². The maximum atomic E-state index is 14.2. The van der Waals surface area contributed by atoms with Crippen LogP contribution in [-0.4, -0.2) is 50.2 Å². The lowest BCUT2D eigenvalue weighted by molar-refractivity contribution is -0.125. The van der Waals surface area contributed by atoms with E-state index in [4.69, 9.17) is 39.0 Å². The average Bonchev–Trinajstić information content (AvgIpc) is 3.34. The fourth-order valence-electron chi connectivity index (χ4n) is 5.88. The minimum absolute atomic E-state index is 0.293. The summed E-state index contributed by atoms with van der Waals surface area (Å²) in [6.07, 6.45) is 0.946. The van der Waals surface area contributed by atoms with Gasteiger partial charge in [-0.3, -0.25) is 4.79 Å². The van der Waals surface area contributed by atoms with Crippen LogP contribution in [0.4, 0.5) is 5.95 Å². The molecule has 1 amide bonds. The Kier molecular flexibility index (Phi) is 8.20. The van der Waals surface area contributed by atoms with Gasteiger partial charge in [0.05, 0.1) is 17.8 Å². The third kappa shape index (κ3) is 5.58. The molecule has 9 nitrogen and oxygen atoms in total. The number of carbonyl (C=O) groups is 1. The highest BCUT2D eigenvalue weighted by Crippen LogP contribution is 2.37. The Morgan fingerprint density at radius 2 is 1.52 bits per heavy atom. The van der Waals surface area contributed by atoms with Crippen LogP contribution < -0.4 is 21.6 Å². The van der Waals surface area contributed by atoms with E-state index in [1.165, 1.54) is 4.68 Å². The first-order valence-electron chi connectivity index (χ1n) is 14.6. The summed E-state index contributed by atoms with van der Waals surface area (Å²) in [7, 11) is 0. The standard InChI is InChI=1S/C33H33Cl2N7O2/c1-3-37-33(30(36)43)16-18-40(19-17-33)31-38-28(24-10-14-26(35)15-11-24)27(23-8-12-25(34)13-9-23)29-39-41(32(44)42(29)31)20-22-6-4-21(2)5-7-22/h4-15,37H,3,16-20H2,1-2H3,(H2,36,43). The lowest BCUT2D eigenvalue weighted by Crippen LogP contribution is -2.61. The summed E-state index contributed by atoms with van der Waals surface area (Å²) >= 11 is 12.5. The van der Waals surface area contributed by atoms with E-state index >= 15 is 0 Å². The second-order valence-electron chi connectivity index (χ2n) is 11.2. The van der Waals surface area contributed by atoms with Crippen molar-refractivity contribution in [2.75, 3.05) is 24.5 Å². The SMILES string of the molecule is CCNC1(C(N)=O)CCN(c2nc(-c3ccc(Cl)cc3)c(-c3ccc(Cl)cc3)c3nn(Cc4ccc(C)cc4)c(=O)n23)CC1. The molecule has 1 aliphatic rings. The Morgan fingerprint density at radius 3 is 2.09 bits per heavy atom. The number of halogens is 2. The number of carbonyl (C=O) groups excluding carboxylic acids is 1. The summed E-state index contributed by atoms with van der Waals surface area (Å²) in [5.74, 6) is 0.0810. The molecule has 0 atom stereocenters. The molecular weight excluding hydrogens is 597 g/mol. The zero-order chi connectivity index (χ0) is 31.0. The number of aromatic nitrogens is 4. The van der Waals surface area contributed by atoms with Crippen LogP contribution in [0.5, 0.6) is 0 Å². The van der Waals surface area contributed by atoms with E-state index in [1.807, 2.05) is 91.5 Å². The molecule has 226 valence electrons.